The monoisotopic (exact) mass is 354 g/mol. The van der Waals surface area contributed by atoms with Crippen LogP contribution in [0.25, 0.3) is 0 Å². The van der Waals surface area contributed by atoms with Gasteiger partial charge < -0.3 is 15.0 Å². The van der Waals surface area contributed by atoms with E-state index in [4.69, 9.17) is 4.74 Å². The number of benzene rings is 2. The van der Waals surface area contributed by atoms with Crippen LogP contribution >= 0.6 is 0 Å². The minimum Gasteiger partial charge on any atom is -0.496 e. The average molecular weight is 354 g/mol. The van der Waals surface area contributed by atoms with Gasteiger partial charge in [-0.15, -0.1) is 0 Å². The molecule has 138 valence electrons. The number of hydrogen-bond acceptors (Lipinski definition) is 3. The summed E-state index contributed by atoms with van der Waals surface area (Å²) in [6, 6.07) is 17.3. The number of nitrogens with one attached hydrogen (secondary N) is 1. The summed E-state index contributed by atoms with van der Waals surface area (Å²) in [4.78, 5) is 25.9. The Balaban J connectivity index is 1.91. The average Bonchev–Trinajstić information content (AvgIpc) is 2.65. The molecule has 0 aliphatic heterocycles. The molecule has 5 nitrogen and oxygen atoms in total. The lowest BCUT2D eigenvalue weighted by molar-refractivity contribution is -0.130. The number of para-hydroxylation sites is 1. The van der Waals surface area contributed by atoms with Gasteiger partial charge in [-0.3, -0.25) is 9.59 Å². The van der Waals surface area contributed by atoms with Crippen LogP contribution in [0, 0.1) is 0 Å². The minimum absolute atomic E-state index is 0.0660. The van der Waals surface area contributed by atoms with E-state index in [1.165, 1.54) is 6.92 Å². The first kappa shape index (κ1) is 19.5. The van der Waals surface area contributed by atoms with Crippen molar-refractivity contribution in [3.05, 3.63) is 65.7 Å². The smallest absolute Gasteiger partial charge is 0.222 e. The molecule has 0 radical (unpaired) electrons. The maximum atomic E-state index is 12.3. The number of nitrogens with zero attached hydrogens (tertiary/aromatic N) is 1. The molecule has 26 heavy (non-hydrogen) atoms. The predicted octanol–water partition coefficient (Wildman–Crippen LogP) is 3.31. The second kappa shape index (κ2) is 9.61. The molecule has 0 fully saturated rings. The van der Waals surface area contributed by atoms with Crippen molar-refractivity contribution in [2.75, 3.05) is 13.7 Å². The molecule has 0 heterocycles. The van der Waals surface area contributed by atoms with E-state index < -0.39 is 0 Å². The van der Waals surface area contributed by atoms with E-state index in [-0.39, 0.29) is 24.3 Å². The highest BCUT2D eigenvalue weighted by Crippen LogP contribution is 2.19. The molecule has 2 amide bonds. The highest BCUT2D eigenvalue weighted by atomic mass is 16.5. The maximum absolute atomic E-state index is 12.3. The molecule has 0 saturated heterocycles. The number of hydrogen-bond donors (Lipinski definition) is 1. The van der Waals surface area contributed by atoms with Crippen LogP contribution in [-0.2, 0) is 16.1 Å². The standard InChI is InChI=1S/C21H26N2O3/c1-16(18-9-5-4-6-10-18)22-21(25)13-14-23(17(2)24)15-19-11-7-8-12-20(19)26-3/h4-12,16H,13-15H2,1-3H3,(H,22,25). The van der Waals surface area contributed by atoms with E-state index in [9.17, 15) is 9.59 Å². The number of rotatable bonds is 8. The molecule has 0 aliphatic rings. The van der Waals surface area contributed by atoms with E-state index in [2.05, 4.69) is 5.32 Å². The lowest BCUT2D eigenvalue weighted by Crippen LogP contribution is -2.34. The second-order valence-electron chi connectivity index (χ2n) is 6.20. The van der Waals surface area contributed by atoms with Gasteiger partial charge in [0.15, 0.2) is 0 Å². The van der Waals surface area contributed by atoms with Crippen LogP contribution in [0.5, 0.6) is 5.75 Å². The highest BCUT2D eigenvalue weighted by Gasteiger charge is 2.15. The molecule has 2 aromatic rings. The predicted molar refractivity (Wildman–Crippen MR) is 102 cm³/mol. The van der Waals surface area contributed by atoms with E-state index in [1.807, 2.05) is 61.5 Å². The Morgan fingerprint density at radius 2 is 1.73 bits per heavy atom. The molecule has 1 atom stereocenters. The summed E-state index contributed by atoms with van der Waals surface area (Å²) in [7, 11) is 1.61. The van der Waals surface area contributed by atoms with Crippen molar-refractivity contribution >= 4 is 11.8 Å². The molecule has 5 heteroatoms. The zero-order chi connectivity index (χ0) is 18.9. The van der Waals surface area contributed by atoms with Crippen LogP contribution in [0.15, 0.2) is 54.6 Å². The van der Waals surface area contributed by atoms with Crippen LogP contribution in [0.2, 0.25) is 0 Å². The van der Waals surface area contributed by atoms with Crippen molar-refractivity contribution in [3.63, 3.8) is 0 Å². The summed E-state index contributed by atoms with van der Waals surface area (Å²) in [6.45, 7) is 4.24. The summed E-state index contributed by atoms with van der Waals surface area (Å²) in [5, 5.41) is 2.98. The third-order valence-corrected chi connectivity index (χ3v) is 4.28. The summed E-state index contributed by atoms with van der Waals surface area (Å²) in [6.07, 6.45) is 0.256. The van der Waals surface area contributed by atoms with Crippen molar-refractivity contribution in [2.45, 2.75) is 32.9 Å². The molecule has 0 bridgehead atoms. The van der Waals surface area contributed by atoms with Gasteiger partial charge in [0, 0.05) is 32.0 Å². The van der Waals surface area contributed by atoms with Gasteiger partial charge in [-0.2, -0.15) is 0 Å². The first-order valence-electron chi connectivity index (χ1n) is 8.73. The van der Waals surface area contributed by atoms with Crippen LogP contribution in [0.3, 0.4) is 0 Å². The Morgan fingerprint density at radius 1 is 1.08 bits per heavy atom. The van der Waals surface area contributed by atoms with Gasteiger partial charge in [0.25, 0.3) is 0 Å². The summed E-state index contributed by atoms with van der Waals surface area (Å²) in [5.74, 6) is 0.591. The third-order valence-electron chi connectivity index (χ3n) is 4.28. The maximum Gasteiger partial charge on any atom is 0.222 e. The van der Waals surface area contributed by atoms with E-state index in [1.54, 1.807) is 12.0 Å². The van der Waals surface area contributed by atoms with Gasteiger partial charge in [0.1, 0.15) is 5.75 Å². The Kier molecular flexibility index (Phi) is 7.21. The molecular formula is C21H26N2O3. The summed E-state index contributed by atoms with van der Waals surface area (Å²) < 4.78 is 5.34. The molecule has 1 N–H and O–H groups in total. The first-order chi connectivity index (χ1) is 12.5. The molecule has 0 aliphatic carbocycles. The van der Waals surface area contributed by atoms with Crippen molar-refractivity contribution in [1.29, 1.82) is 0 Å². The zero-order valence-corrected chi connectivity index (χ0v) is 15.6. The Bertz CT molecular complexity index is 731. The Labute approximate surface area is 155 Å². The van der Waals surface area contributed by atoms with Crippen LogP contribution in [0.4, 0.5) is 0 Å². The van der Waals surface area contributed by atoms with Crippen molar-refractivity contribution in [2.24, 2.45) is 0 Å². The van der Waals surface area contributed by atoms with Crippen LogP contribution in [0.1, 0.15) is 37.4 Å². The van der Waals surface area contributed by atoms with Gasteiger partial charge in [-0.25, -0.2) is 0 Å². The third kappa shape index (κ3) is 5.62. The Morgan fingerprint density at radius 3 is 2.38 bits per heavy atom. The largest absolute Gasteiger partial charge is 0.496 e. The van der Waals surface area contributed by atoms with Crippen molar-refractivity contribution in [1.82, 2.24) is 10.2 Å². The zero-order valence-electron chi connectivity index (χ0n) is 15.6. The lowest BCUT2D eigenvalue weighted by Gasteiger charge is -2.22. The SMILES string of the molecule is COc1ccccc1CN(CCC(=O)NC(C)c1ccccc1)C(C)=O. The second-order valence-corrected chi connectivity index (χ2v) is 6.20. The van der Waals surface area contributed by atoms with Crippen molar-refractivity contribution < 1.29 is 14.3 Å². The van der Waals surface area contributed by atoms with E-state index in [0.717, 1.165) is 16.9 Å². The summed E-state index contributed by atoms with van der Waals surface area (Å²) >= 11 is 0. The minimum atomic E-state index is -0.0763. The molecule has 1 unspecified atom stereocenters. The number of carbonyl (C=O) groups is 2. The fraction of sp³-hybridized carbons (Fsp3) is 0.333. The topological polar surface area (TPSA) is 58.6 Å². The molecular weight excluding hydrogens is 328 g/mol. The normalized spacial score (nSPS) is 11.5. The van der Waals surface area contributed by atoms with Gasteiger partial charge in [0.05, 0.1) is 13.2 Å². The number of carbonyl (C=O) groups excluding carboxylic acids is 2. The highest BCUT2D eigenvalue weighted by molar-refractivity contribution is 5.78. The number of methoxy groups -OCH3 is 1. The molecule has 0 spiro atoms. The molecule has 0 saturated carbocycles. The van der Waals surface area contributed by atoms with Gasteiger partial charge >= 0.3 is 0 Å². The molecule has 2 aromatic carbocycles. The molecule has 0 aromatic heterocycles. The number of amides is 2. The van der Waals surface area contributed by atoms with Crippen LogP contribution < -0.4 is 10.1 Å². The van der Waals surface area contributed by atoms with E-state index in [0.29, 0.717) is 13.1 Å². The van der Waals surface area contributed by atoms with E-state index >= 15 is 0 Å². The number of ether oxygens (including phenoxy) is 1. The van der Waals surface area contributed by atoms with Gasteiger partial charge in [0.2, 0.25) is 11.8 Å². The van der Waals surface area contributed by atoms with Gasteiger partial charge in [-0.05, 0) is 18.6 Å². The molecule has 2 rings (SSSR count). The first-order valence-corrected chi connectivity index (χ1v) is 8.73. The lowest BCUT2D eigenvalue weighted by atomic mass is 10.1. The Hall–Kier alpha value is -2.82. The van der Waals surface area contributed by atoms with Gasteiger partial charge in [-0.1, -0.05) is 48.5 Å². The fourth-order valence-electron chi connectivity index (χ4n) is 2.76. The quantitative estimate of drug-likeness (QED) is 0.791. The van der Waals surface area contributed by atoms with Crippen LogP contribution in [-0.4, -0.2) is 30.4 Å². The van der Waals surface area contributed by atoms with Crippen molar-refractivity contribution in [3.8, 4) is 5.75 Å². The fourth-order valence-corrected chi connectivity index (χ4v) is 2.76. The summed E-state index contributed by atoms with van der Waals surface area (Å²) in [5.41, 5.74) is 1.97.